The van der Waals surface area contributed by atoms with Crippen LogP contribution in [0.5, 0.6) is 0 Å². The first-order valence-corrected chi connectivity index (χ1v) is 7.94. The van der Waals surface area contributed by atoms with Gasteiger partial charge in [-0.2, -0.15) is 5.12 Å². The first-order valence-electron chi connectivity index (χ1n) is 6.90. The molecule has 0 aromatic rings. The first kappa shape index (κ1) is 14.9. The molecule has 1 heterocycles. The maximum Gasteiger partial charge on any atom is 0.0852 e. The van der Waals surface area contributed by atoms with E-state index in [9.17, 15) is 0 Å². The summed E-state index contributed by atoms with van der Waals surface area (Å²) in [5.41, 5.74) is 1.41. The van der Waals surface area contributed by atoms with Gasteiger partial charge in [-0.05, 0) is 24.7 Å². The lowest BCUT2D eigenvalue weighted by Gasteiger charge is -2.31. The molecule has 0 spiro atoms. The minimum absolute atomic E-state index is 0.972. The summed E-state index contributed by atoms with van der Waals surface area (Å²) < 4.78 is 0. The second kappa shape index (κ2) is 8.84. The van der Waals surface area contributed by atoms with Crippen molar-refractivity contribution in [1.82, 2.24) is 10.1 Å². The summed E-state index contributed by atoms with van der Waals surface area (Å²) in [6.45, 7) is 5.44. The number of rotatable bonds is 9. The lowest BCUT2D eigenvalue weighted by atomic mass is 10.2. The number of hydrogen-bond acceptors (Lipinski definition) is 4. The van der Waals surface area contributed by atoms with E-state index < -0.39 is 0 Å². The Balaban J connectivity index is 2.28. The van der Waals surface area contributed by atoms with E-state index >= 15 is 0 Å². The van der Waals surface area contributed by atoms with Crippen LogP contribution in [0.25, 0.3) is 0 Å². The molecular weight excluding hydrogens is 230 g/mol. The Kier molecular flexibility index (Phi) is 7.73. The van der Waals surface area contributed by atoms with E-state index in [2.05, 4.69) is 24.3 Å². The Labute approximate surface area is 110 Å². The fraction of sp³-hybridized carbons (Fsp3) is 0.846. The van der Waals surface area contributed by atoms with Crippen LogP contribution in [0.15, 0.2) is 11.1 Å². The van der Waals surface area contributed by atoms with E-state index in [4.69, 9.17) is 5.84 Å². The molecule has 1 rings (SSSR count). The van der Waals surface area contributed by atoms with Crippen molar-refractivity contribution in [3.05, 3.63) is 11.1 Å². The normalized spacial score (nSPS) is 15.8. The number of hydrogen-bond donors (Lipinski definition) is 1. The van der Waals surface area contributed by atoms with Crippen molar-refractivity contribution in [1.29, 1.82) is 0 Å². The van der Waals surface area contributed by atoms with Gasteiger partial charge in [0, 0.05) is 12.2 Å². The average Bonchev–Trinajstić information content (AvgIpc) is 2.78. The maximum absolute atomic E-state index is 6.12. The molecule has 17 heavy (non-hydrogen) atoms. The predicted octanol–water partition coefficient (Wildman–Crippen LogP) is 3.70. The summed E-state index contributed by atoms with van der Waals surface area (Å²) in [6.07, 6.45) is 8.76. The van der Waals surface area contributed by atoms with E-state index in [-0.39, 0.29) is 0 Å². The van der Waals surface area contributed by atoms with Gasteiger partial charge in [0.2, 0.25) is 0 Å². The van der Waals surface area contributed by atoms with Crippen LogP contribution in [0.1, 0.15) is 58.8 Å². The van der Waals surface area contributed by atoms with Gasteiger partial charge in [-0.25, -0.2) is 0 Å². The van der Waals surface area contributed by atoms with Crippen LogP contribution in [0.2, 0.25) is 0 Å². The predicted molar refractivity (Wildman–Crippen MR) is 76.9 cm³/mol. The Morgan fingerprint density at radius 2 is 1.94 bits per heavy atom. The summed E-state index contributed by atoms with van der Waals surface area (Å²) >= 11 is 1.86. The summed E-state index contributed by atoms with van der Waals surface area (Å²) in [7, 11) is 0. The van der Waals surface area contributed by atoms with Crippen LogP contribution in [-0.4, -0.2) is 22.5 Å². The molecule has 0 aromatic carbocycles. The molecule has 4 heteroatoms. The quantitative estimate of drug-likeness (QED) is 0.388. The van der Waals surface area contributed by atoms with Gasteiger partial charge in [0.25, 0.3) is 0 Å². The second-order valence-corrected chi connectivity index (χ2v) is 5.46. The van der Waals surface area contributed by atoms with Crippen molar-refractivity contribution in [3.8, 4) is 0 Å². The number of thioether (sulfide) groups is 1. The smallest absolute Gasteiger partial charge is 0.0852 e. The van der Waals surface area contributed by atoms with E-state index in [1.54, 1.807) is 0 Å². The number of nitrogens with zero attached hydrogens (tertiary/aromatic N) is 2. The summed E-state index contributed by atoms with van der Waals surface area (Å²) in [6, 6.07) is 0. The Morgan fingerprint density at radius 3 is 2.65 bits per heavy atom. The standard InChI is InChI=1S/C13H27N3S/c1-3-5-7-9-13-11-17-12-15(13)16(14)10-8-6-4-2/h11H,3-10,12,14H2,1-2H3. The van der Waals surface area contributed by atoms with Gasteiger partial charge >= 0.3 is 0 Å². The third-order valence-electron chi connectivity index (χ3n) is 3.09. The van der Waals surface area contributed by atoms with E-state index in [0.717, 1.165) is 12.4 Å². The van der Waals surface area contributed by atoms with Gasteiger partial charge < -0.3 is 0 Å². The van der Waals surface area contributed by atoms with E-state index in [1.807, 2.05) is 16.9 Å². The molecular formula is C13H27N3S. The average molecular weight is 257 g/mol. The first-order chi connectivity index (χ1) is 8.29. The highest BCUT2D eigenvalue weighted by atomic mass is 32.2. The zero-order valence-electron chi connectivity index (χ0n) is 11.3. The molecule has 0 radical (unpaired) electrons. The van der Waals surface area contributed by atoms with Gasteiger partial charge in [-0.3, -0.25) is 10.9 Å². The molecule has 2 N–H and O–H groups in total. The fourth-order valence-electron chi connectivity index (χ4n) is 1.98. The molecule has 0 amide bonds. The minimum atomic E-state index is 0.972. The monoisotopic (exact) mass is 257 g/mol. The van der Waals surface area contributed by atoms with Crippen molar-refractivity contribution in [2.75, 3.05) is 12.4 Å². The highest BCUT2D eigenvalue weighted by Crippen LogP contribution is 2.27. The minimum Gasteiger partial charge on any atom is -0.286 e. The second-order valence-electron chi connectivity index (χ2n) is 4.63. The molecule has 100 valence electrons. The zero-order valence-corrected chi connectivity index (χ0v) is 12.1. The summed E-state index contributed by atoms with van der Waals surface area (Å²) in [4.78, 5) is 0. The molecule has 1 aliphatic rings. The SMILES string of the molecule is CCCCCC1=CSCN1N(N)CCCCC. The van der Waals surface area contributed by atoms with Gasteiger partial charge in [-0.15, -0.1) is 11.8 Å². The van der Waals surface area contributed by atoms with Gasteiger partial charge in [0.1, 0.15) is 0 Å². The molecule has 1 aliphatic heterocycles. The number of nitrogens with two attached hydrogens (primary N) is 1. The molecule has 0 saturated heterocycles. The van der Waals surface area contributed by atoms with Crippen LogP contribution >= 0.6 is 11.8 Å². The lowest BCUT2D eigenvalue weighted by Crippen LogP contribution is -2.45. The fourth-order valence-corrected chi connectivity index (χ4v) is 2.94. The van der Waals surface area contributed by atoms with Crippen LogP contribution in [0.3, 0.4) is 0 Å². The van der Waals surface area contributed by atoms with Crippen LogP contribution in [-0.2, 0) is 0 Å². The van der Waals surface area contributed by atoms with Crippen LogP contribution in [0, 0.1) is 0 Å². The van der Waals surface area contributed by atoms with E-state index in [0.29, 0.717) is 0 Å². The summed E-state index contributed by atoms with van der Waals surface area (Å²) in [5.74, 6) is 7.11. The molecule has 3 nitrogen and oxygen atoms in total. The number of unbranched alkanes of at least 4 members (excludes halogenated alkanes) is 4. The Morgan fingerprint density at radius 1 is 1.24 bits per heavy atom. The molecule has 0 aromatic heterocycles. The third-order valence-corrected chi connectivity index (χ3v) is 3.92. The van der Waals surface area contributed by atoms with Crippen molar-refractivity contribution in [2.24, 2.45) is 5.84 Å². The van der Waals surface area contributed by atoms with Gasteiger partial charge in [-0.1, -0.05) is 39.5 Å². The molecule has 0 atom stereocenters. The molecule has 0 unspecified atom stereocenters. The third kappa shape index (κ3) is 5.32. The van der Waals surface area contributed by atoms with E-state index in [1.165, 1.54) is 50.6 Å². The Bertz CT molecular complexity index is 231. The lowest BCUT2D eigenvalue weighted by molar-refractivity contribution is 0.0234. The molecule has 0 saturated carbocycles. The number of allylic oxidation sites excluding steroid dienone is 1. The molecule has 0 bridgehead atoms. The van der Waals surface area contributed by atoms with Crippen molar-refractivity contribution >= 4 is 11.8 Å². The van der Waals surface area contributed by atoms with Gasteiger partial charge in [0.05, 0.1) is 5.88 Å². The van der Waals surface area contributed by atoms with Crippen LogP contribution < -0.4 is 5.84 Å². The van der Waals surface area contributed by atoms with Gasteiger partial charge in [0.15, 0.2) is 0 Å². The largest absolute Gasteiger partial charge is 0.286 e. The number of hydrazine groups is 2. The molecule has 0 fully saturated rings. The molecule has 0 aliphatic carbocycles. The zero-order chi connectivity index (χ0) is 12.5. The van der Waals surface area contributed by atoms with Crippen molar-refractivity contribution in [3.63, 3.8) is 0 Å². The van der Waals surface area contributed by atoms with Crippen LogP contribution in [0.4, 0.5) is 0 Å². The Hall–Kier alpha value is -0.190. The topological polar surface area (TPSA) is 32.5 Å². The highest BCUT2D eigenvalue weighted by molar-refractivity contribution is 8.02. The maximum atomic E-state index is 6.12. The highest BCUT2D eigenvalue weighted by Gasteiger charge is 2.19. The summed E-state index contributed by atoms with van der Waals surface area (Å²) in [5, 5.41) is 6.43. The van der Waals surface area contributed by atoms with Crippen molar-refractivity contribution < 1.29 is 0 Å². The van der Waals surface area contributed by atoms with Crippen molar-refractivity contribution in [2.45, 2.75) is 58.8 Å².